The van der Waals surface area contributed by atoms with Crippen LogP contribution in [0.2, 0.25) is 0 Å². The number of benzene rings is 1. The number of nitrogens with zero attached hydrogens (tertiary/aromatic N) is 1. The molecule has 1 atom stereocenters. The zero-order chi connectivity index (χ0) is 20.7. The number of rotatable bonds is 9. The fraction of sp³-hybridized carbons (Fsp3) is 0.333. The van der Waals surface area contributed by atoms with Crippen molar-refractivity contribution in [3.8, 4) is 11.1 Å². The fourth-order valence-electron chi connectivity index (χ4n) is 3.25. The summed E-state index contributed by atoms with van der Waals surface area (Å²) in [6.45, 7) is 0.351. The molecule has 2 aromatic rings. The molecule has 1 aromatic heterocycles. The van der Waals surface area contributed by atoms with Gasteiger partial charge >= 0.3 is 7.82 Å². The minimum atomic E-state index is -3.97. The van der Waals surface area contributed by atoms with Crippen LogP contribution in [0.25, 0.3) is 23.3 Å². The summed E-state index contributed by atoms with van der Waals surface area (Å²) in [5, 5.41) is 4.86. The third-order valence-electron chi connectivity index (χ3n) is 4.62. The maximum absolute atomic E-state index is 12.5. The Labute approximate surface area is 169 Å². The Balaban J connectivity index is 1.70. The highest BCUT2D eigenvalue weighted by Crippen LogP contribution is 2.41. The van der Waals surface area contributed by atoms with Gasteiger partial charge in [-0.2, -0.15) is 0 Å². The third-order valence-corrected chi connectivity index (χ3v) is 5.59. The first-order valence-electron chi connectivity index (χ1n) is 9.53. The Bertz CT molecular complexity index is 1020. The molecule has 0 saturated heterocycles. The molecule has 154 valence electrons. The number of amides is 1. The lowest BCUT2D eigenvalue weighted by Gasteiger charge is -2.13. The van der Waals surface area contributed by atoms with Gasteiger partial charge in [-0.05, 0) is 36.0 Å². The molecule has 1 amide bonds. The predicted octanol–water partition coefficient (Wildman–Crippen LogP) is 1.92. The Morgan fingerprint density at radius 3 is 2.76 bits per heavy atom. The van der Waals surface area contributed by atoms with Gasteiger partial charge in [0.15, 0.2) is 0 Å². The highest BCUT2D eigenvalue weighted by molar-refractivity contribution is 7.47. The van der Waals surface area contributed by atoms with E-state index in [1.807, 2.05) is 30.3 Å². The average molecular weight is 416 g/mol. The molecule has 8 heteroatoms. The first kappa shape index (κ1) is 21.4. The van der Waals surface area contributed by atoms with Crippen molar-refractivity contribution in [2.24, 2.45) is 0 Å². The number of hydrogen-bond acceptors (Lipinski definition) is 5. The van der Waals surface area contributed by atoms with E-state index < -0.39 is 7.82 Å². The van der Waals surface area contributed by atoms with Gasteiger partial charge in [-0.25, -0.2) is 4.57 Å². The second-order valence-corrected chi connectivity index (χ2v) is 8.23. The topological polar surface area (TPSA) is 97.8 Å². The molecule has 29 heavy (non-hydrogen) atoms. The first-order valence-corrected chi connectivity index (χ1v) is 11.0. The fourth-order valence-corrected chi connectivity index (χ4v) is 3.71. The molecule has 0 radical (unpaired) electrons. The van der Waals surface area contributed by atoms with Crippen LogP contribution in [-0.2, 0) is 24.8 Å². The van der Waals surface area contributed by atoms with Gasteiger partial charge in [-0.3, -0.25) is 18.8 Å². The van der Waals surface area contributed by atoms with Gasteiger partial charge in [0.05, 0.1) is 18.4 Å². The number of phosphoric acid groups is 1. The maximum atomic E-state index is 12.5. The van der Waals surface area contributed by atoms with Gasteiger partial charge in [0.25, 0.3) is 0 Å². The van der Waals surface area contributed by atoms with Gasteiger partial charge in [0, 0.05) is 25.1 Å². The van der Waals surface area contributed by atoms with Gasteiger partial charge in [-0.15, -0.1) is 0 Å². The van der Waals surface area contributed by atoms with Gasteiger partial charge in [0.2, 0.25) is 5.91 Å². The van der Waals surface area contributed by atoms with Crippen molar-refractivity contribution in [2.75, 3.05) is 20.3 Å². The first-order chi connectivity index (χ1) is 14.0. The predicted molar refractivity (Wildman–Crippen MR) is 111 cm³/mol. The maximum Gasteiger partial charge on any atom is 0.471 e. The molecule has 1 aromatic carbocycles. The van der Waals surface area contributed by atoms with E-state index in [1.165, 1.54) is 0 Å². The van der Waals surface area contributed by atoms with Crippen LogP contribution >= 0.6 is 7.82 Å². The minimum absolute atomic E-state index is 0.0162. The van der Waals surface area contributed by atoms with E-state index >= 15 is 0 Å². The summed E-state index contributed by atoms with van der Waals surface area (Å²) in [4.78, 5) is 26.2. The van der Waals surface area contributed by atoms with Crippen molar-refractivity contribution in [3.63, 3.8) is 0 Å². The number of aromatic nitrogens is 1. The highest BCUT2D eigenvalue weighted by Gasteiger charge is 2.17. The van der Waals surface area contributed by atoms with Crippen LogP contribution < -0.4 is 15.9 Å². The molecule has 0 bridgehead atoms. The molecule has 1 aliphatic rings. The summed E-state index contributed by atoms with van der Waals surface area (Å²) in [7, 11) is -2.87. The van der Waals surface area contributed by atoms with Crippen LogP contribution in [-0.4, -0.2) is 36.0 Å². The van der Waals surface area contributed by atoms with E-state index in [2.05, 4.69) is 27.0 Å². The lowest BCUT2D eigenvalue weighted by atomic mass is 9.95. The van der Waals surface area contributed by atoms with Gasteiger partial charge in [0.1, 0.15) is 0 Å². The van der Waals surface area contributed by atoms with Crippen LogP contribution in [0.15, 0.2) is 36.5 Å². The molecule has 0 aliphatic heterocycles. The number of pyridine rings is 1. The van der Waals surface area contributed by atoms with Crippen LogP contribution in [0, 0.1) is 0 Å². The SMILES string of the molecule is COP(=O)(O)OCCCNC(=O)Cc1cnc2c(c1-c1ccccc1)=CCCC=2. The molecular formula is C21H25N2O5P. The Morgan fingerprint density at radius 1 is 1.24 bits per heavy atom. The summed E-state index contributed by atoms with van der Waals surface area (Å²) in [5.41, 5.74) is 2.98. The van der Waals surface area contributed by atoms with Crippen LogP contribution in [0.3, 0.4) is 0 Å². The Morgan fingerprint density at radius 2 is 2.00 bits per heavy atom. The zero-order valence-corrected chi connectivity index (χ0v) is 17.2. The molecule has 1 unspecified atom stereocenters. The van der Waals surface area contributed by atoms with E-state index in [1.54, 1.807) is 6.20 Å². The molecule has 0 spiro atoms. The quantitative estimate of drug-likeness (QED) is 0.479. The van der Waals surface area contributed by atoms with Crippen LogP contribution in [0.1, 0.15) is 24.8 Å². The number of hydrogen-bond donors (Lipinski definition) is 2. The summed E-state index contributed by atoms with van der Waals surface area (Å²) in [5.74, 6) is -0.136. The number of carbonyl (C=O) groups excluding carboxylic acids is 1. The highest BCUT2D eigenvalue weighted by atomic mass is 31.2. The van der Waals surface area contributed by atoms with Crippen molar-refractivity contribution < 1.29 is 23.3 Å². The van der Waals surface area contributed by atoms with Gasteiger partial charge in [-0.1, -0.05) is 42.5 Å². The molecule has 1 aliphatic carbocycles. The van der Waals surface area contributed by atoms with E-state index in [0.717, 1.165) is 47.2 Å². The third kappa shape index (κ3) is 5.84. The van der Waals surface area contributed by atoms with Crippen molar-refractivity contribution in [1.82, 2.24) is 10.3 Å². The van der Waals surface area contributed by atoms with Crippen molar-refractivity contribution in [1.29, 1.82) is 0 Å². The molecule has 0 fully saturated rings. The van der Waals surface area contributed by atoms with E-state index in [0.29, 0.717) is 13.0 Å². The van der Waals surface area contributed by atoms with E-state index in [-0.39, 0.29) is 18.9 Å². The lowest BCUT2D eigenvalue weighted by Crippen LogP contribution is -2.34. The Kier molecular flexibility index (Phi) is 7.34. The van der Waals surface area contributed by atoms with E-state index in [9.17, 15) is 14.3 Å². The summed E-state index contributed by atoms with van der Waals surface area (Å²) >= 11 is 0. The van der Waals surface area contributed by atoms with E-state index in [4.69, 9.17) is 4.52 Å². The normalized spacial score (nSPS) is 14.8. The lowest BCUT2D eigenvalue weighted by molar-refractivity contribution is -0.120. The summed E-state index contributed by atoms with van der Waals surface area (Å²) in [6.07, 6.45) is 8.63. The monoisotopic (exact) mass is 416 g/mol. The molecule has 7 nitrogen and oxygen atoms in total. The van der Waals surface area contributed by atoms with Crippen LogP contribution in [0.5, 0.6) is 0 Å². The molecular weight excluding hydrogens is 391 g/mol. The minimum Gasteiger partial charge on any atom is -0.356 e. The smallest absolute Gasteiger partial charge is 0.356 e. The largest absolute Gasteiger partial charge is 0.471 e. The van der Waals surface area contributed by atoms with Crippen LogP contribution in [0.4, 0.5) is 0 Å². The standard InChI is InChI=1S/C21H25N2O5P/c1-27-29(25,26)28-13-7-12-22-20(24)14-17-15-23-19-11-6-5-10-18(19)21(17)16-8-3-2-4-9-16/h2-4,8-11,15H,5-7,12-14H2,1H3,(H,22,24)(H,25,26). The number of fused-ring (bicyclic) bond motifs is 1. The summed E-state index contributed by atoms with van der Waals surface area (Å²) in [6, 6.07) is 10.0. The second kappa shape index (κ2) is 9.94. The van der Waals surface area contributed by atoms with Crippen molar-refractivity contribution in [2.45, 2.75) is 25.7 Å². The van der Waals surface area contributed by atoms with Gasteiger partial charge < -0.3 is 10.2 Å². The molecule has 3 rings (SSSR count). The zero-order valence-electron chi connectivity index (χ0n) is 16.3. The Hall–Kier alpha value is -2.31. The molecule has 0 saturated carbocycles. The number of phosphoric ester groups is 1. The number of nitrogens with one attached hydrogen (secondary N) is 1. The molecule has 1 heterocycles. The summed E-state index contributed by atoms with van der Waals surface area (Å²) < 4.78 is 20.3. The number of carbonyl (C=O) groups is 1. The average Bonchev–Trinajstić information content (AvgIpc) is 2.74. The van der Waals surface area contributed by atoms with Crippen molar-refractivity contribution >= 4 is 25.9 Å². The second-order valence-electron chi connectivity index (χ2n) is 6.67. The van der Waals surface area contributed by atoms with Crippen molar-refractivity contribution in [3.05, 3.63) is 52.7 Å². The molecule has 2 N–H and O–H groups in total.